The Labute approximate surface area is 162 Å². The van der Waals surface area contributed by atoms with Crippen molar-refractivity contribution in [3.63, 3.8) is 0 Å². The zero-order chi connectivity index (χ0) is 19.2. The number of para-hydroxylation sites is 1. The summed E-state index contributed by atoms with van der Waals surface area (Å²) in [7, 11) is 0. The summed E-state index contributed by atoms with van der Waals surface area (Å²) in [5.41, 5.74) is 0.896. The summed E-state index contributed by atoms with van der Waals surface area (Å²) in [6.07, 6.45) is 3.13. The molecule has 0 atom stereocenters. The van der Waals surface area contributed by atoms with Crippen LogP contribution in [0.3, 0.4) is 0 Å². The molecule has 0 bridgehead atoms. The normalized spacial score (nSPS) is 13.7. The number of halogens is 1. The van der Waals surface area contributed by atoms with Crippen molar-refractivity contribution in [2.24, 2.45) is 0 Å². The molecule has 0 aromatic heterocycles. The van der Waals surface area contributed by atoms with Crippen LogP contribution in [-0.4, -0.2) is 34.9 Å². The summed E-state index contributed by atoms with van der Waals surface area (Å²) in [5, 5.41) is 5.33. The molecule has 0 saturated carbocycles. The maximum Gasteiger partial charge on any atom is 0.260 e. The Morgan fingerprint density at radius 1 is 0.926 bits per heavy atom. The summed E-state index contributed by atoms with van der Waals surface area (Å²) in [5.74, 6) is -1.34. The molecule has 0 spiro atoms. The molecule has 1 saturated heterocycles. The van der Waals surface area contributed by atoms with E-state index in [9.17, 15) is 14.0 Å². The van der Waals surface area contributed by atoms with Crippen LogP contribution in [0.5, 0.6) is 0 Å². The highest BCUT2D eigenvalue weighted by molar-refractivity contribution is 7.80. The number of piperidine rings is 1. The second kappa shape index (κ2) is 8.73. The fraction of sp³-hybridized carbons (Fsp3) is 0.250. The molecule has 0 radical (unpaired) electrons. The fourth-order valence-corrected chi connectivity index (χ4v) is 3.22. The van der Waals surface area contributed by atoms with Crippen molar-refractivity contribution in [1.29, 1.82) is 0 Å². The summed E-state index contributed by atoms with van der Waals surface area (Å²) >= 11 is 5.17. The van der Waals surface area contributed by atoms with Gasteiger partial charge in [-0.2, -0.15) is 0 Å². The minimum absolute atomic E-state index is 0.00199. The van der Waals surface area contributed by atoms with Crippen LogP contribution in [0, 0.1) is 5.82 Å². The minimum Gasteiger partial charge on any atom is -0.339 e. The highest BCUT2D eigenvalue weighted by Gasteiger charge is 2.21. The Hall–Kier alpha value is -2.80. The van der Waals surface area contributed by atoms with Gasteiger partial charge in [0.15, 0.2) is 5.11 Å². The first kappa shape index (κ1) is 19.0. The smallest absolute Gasteiger partial charge is 0.260 e. The van der Waals surface area contributed by atoms with Crippen molar-refractivity contribution >= 4 is 34.8 Å². The van der Waals surface area contributed by atoms with Crippen LogP contribution in [0.2, 0.25) is 0 Å². The van der Waals surface area contributed by atoms with E-state index >= 15 is 0 Å². The molecule has 2 aromatic carbocycles. The lowest BCUT2D eigenvalue weighted by atomic mass is 10.1. The van der Waals surface area contributed by atoms with Gasteiger partial charge in [-0.25, -0.2) is 4.39 Å². The number of nitrogens with one attached hydrogen (secondary N) is 2. The largest absolute Gasteiger partial charge is 0.339 e. The van der Waals surface area contributed by atoms with Gasteiger partial charge in [0.05, 0.1) is 16.8 Å². The van der Waals surface area contributed by atoms with E-state index in [0.717, 1.165) is 32.4 Å². The molecule has 0 unspecified atom stereocenters. The second-order valence-corrected chi connectivity index (χ2v) is 6.69. The van der Waals surface area contributed by atoms with E-state index in [1.54, 1.807) is 30.3 Å². The number of amides is 2. The number of hydrogen-bond acceptors (Lipinski definition) is 3. The number of likely N-dealkylation sites (tertiary alicyclic amines) is 1. The molecule has 1 aliphatic rings. The summed E-state index contributed by atoms with van der Waals surface area (Å²) in [6.45, 7) is 1.48. The first-order valence-electron chi connectivity index (χ1n) is 8.81. The van der Waals surface area contributed by atoms with Gasteiger partial charge in [0.25, 0.3) is 11.8 Å². The lowest BCUT2D eigenvalue weighted by Gasteiger charge is -2.27. The maximum atomic E-state index is 13.7. The van der Waals surface area contributed by atoms with Gasteiger partial charge in [-0.05, 0) is 55.7 Å². The lowest BCUT2D eigenvalue weighted by Crippen LogP contribution is -2.37. The molecule has 2 aromatic rings. The van der Waals surface area contributed by atoms with Crippen molar-refractivity contribution < 1.29 is 14.0 Å². The van der Waals surface area contributed by atoms with Crippen LogP contribution in [0.25, 0.3) is 0 Å². The van der Waals surface area contributed by atoms with Crippen LogP contribution in [0.4, 0.5) is 10.1 Å². The zero-order valence-electron chi connectivity index (χ0n) is 14.7. The molecular formula is C20H20FN3O2S. The van der Waals surface area contributed by atoms with Crippen molar-refractivity contribution in [3.05, 3.63) is 65.5 Å². The standard InChI is InChI=1S/C20H20FN3O2S/c21-16-10-4-2-8-14(16)18(25)23-20(27)22-17-11-5-3-9-15(17)19(26)24-12-6-1-7-13-24/h2-5,8-11H,1,6-7,12-13H2,(H2,22,23,25,27). The summed E-state index contributed by atoms with van der Waals surface area (Å²) in [6, 6.07) is 12.7. The van der Waals surface area contributed by atoms with E-state index in [2.05, 4.69) is 10.6 Å². The quantitative estimate of drug-likeness (QED) is 0.793. The SMILES string of the molecule is O=C(NC(=S)Nc1ccccc1C(=O)N1CCCCC1)c1ccccc1F. The minimum atomic E-state index is -0.648. The van der Waals surface area contributed by atoms with Crippen molar-refractivity contribution in [1.82, 2.24) is 10.2 Å². The molecule has 2 N–H and O–H groups in total. The van der Waals surface area contributed by atoms with E-state index in [0.29, 0.717) is 11.3 Å². The van der Waals surface area contributed by atoms with Crippen LogP contribution in [0.1, 0.15) is 40.0 Å². The molecular weight excluding hydrogens is 365 g/mol. The van der Waals surface area contributed by atoms with Gasteiger partial charge in [0.2, 0.25) is 0 Å². The highest BCUT2D eigenvalue weighted by atomic mass is 32.1. The molecule has 5 nitrogen and oxygen atoms in total. The van der Waals surface area contributed by atoms with Crippen molar-refractivity contribution in [2.45, 2.75) is 19.3 Å². The second-order valence-electron chi connectivity index (χ2n) is 6.29. The molecule has 7 heteroatoms. The average molecular weight is 385 g/mol. The topological polar surface area (TPSA) is 61.4 Å². The Morgan fingerprint density at radius 3 is 2.26 bits per heavy atom. The molecule has 1 fully saturated rings. The lowest BCUT2D eigenvalue weighted by molar-refractivity contribution is 0.0725. The maximum absolute atomic E-state index is 13.7. The first-order chi connectivity index (χ1) is 13.1. The van der Waals surface area contributed by atoms with Gasteiger partial charge in [-0.3, -0.25) is 14.9 Å². The third-order valence-electron chi connectivity index (χ3n) is 4.39. The third-order valence-corrected chi connectivity index (χ3v) is 4.60. The molecule has 140 valence electrons. The predicted molar refractivity (Wildman–Crippen MR) is 106 cm³/mol. The number of hydrogen-bond donors (Lipinski definition) is 2. The van der Waals surface area contributed by atoms with Gasteiger partial charge >= 0.3 is 0 Å². The summed E-state index contributed by atoms with van der Waals surface area (Å²) in [4.78, 5) is 26.8. The molecule has 3 rings (SSSR count). The van der Waals surface area contributed by atoms with Crippen LogP contribution in [-0.2, 0) is 0 Å². The predicted octanol–water partition coefficient (Wildman–Crippen LogP) is 3.58. The number of thiocarbonyl (C=S) groups is 1. The van der Waals surface area contributed by atoms with Crippen LogP contribution >= 0.6 is 12.2 Å². The number of carbonyl (C=O) groups is 2. The summed E-state index contributed by atoms with van der Waals surface area (Å²) < 4.78 is 13.7. The van der Waals surface area contributed by atoms with Gasteiger partial charge in [0, 0.05) is 13.1 Å². The Kier molecular flexibility index (Phi) is 6.13. The fourth-order valence-electron chi connectivity index (χ4n) is 3.02. The van der Waals surface area contributed by atoms with E-state index in [-0.39, 0.29) is 16.6 Å². The van der Waals surface area contributed by atoms with Crippen molar-refractivity contribution in [3.8, 4) is 0 Å². The Balaban J connectivity index is 1.70. The van der Waals surface area contributed by atoms with Gasteiger partial charge < -0.3 is 10.2 Å². The monoisotopic (exact) mass is 385 g/mol. The molecule has 27 heavy (non-hydrogen) atoms. The number of nitrogens with zero attached hydrogens (tertiary/aromatic N) is 1. The zero-order valence-corrected chi connectivity index (χ0v) is 15.5. The Morgan fingerprint density at radius 2 is 1.56 bits per heavy atom. The van der Waals surface area contributed by atoms with Gasteiger partial charge in [-0.15, -0.1) is 0 Å². The first-order valence-corrected chi connectivity index (χ1v) is 9.22. The van der Waals surface area contributed by atoms with Gasteiger partial charge in [0.1, 0.15) is 5.82 Å². The molecule has 1 heterocycles. The highest BCUT2D eigenvalue weighted by Crippen LogP contribution is 2.20. The third kappa shape index (κ3) is 4.68. The van der Waals surface area contributed by atoms with E-state index in [1.165, 1.54) is 18.2 Å². The van der Waals surface area contributed by atoms with Gasteiger partial charge in [-0.1, -0.05) is 24.3 Å². The average Bonchev–Trinajstić information content (AvgIpc) is 2.68. The van der Waals surface area contributed by atoms with Crippen LogP contribution < -0.4 is 10.6 Å². The number of benzene rings is 2. The Bertz CT molecular complexity index is 866. The van der Waals surface area contributed by atoms with Crippen LogP contribution in [0.15, 0.2) is 48.5 Å². The van der Waals surface area contributed by atoms with E-state index in [1.807, 2.05) is 4.90 Å². The number of rotatable bonds is 3. The molecule has 0 aliphatic carbocycles. The number of anilines is 1. The van der Waals surface area contributed by atoms with Crippen molar-refractivity contribution in [2.75, 3.05) is 18.4 Å². The van der Waals surface area contributed by atoms with E-state index < -0.39 is 11.7 Å². The molecule has 1 aliphatic heterocycles. The molecule has 2 amide bonds. The number of carbonyl (C=O) groups excluding carboxylic acids is 2. The van der Waals surface area contributed by atoms with E-state index in [4.69, 9.17) is 12.2 Å².